The van der Waals surface area contributed by atoms with E-state index < -0.39 is 0 Å². The first-order valence-corrected chi connectivity index (χ1v) is 5.99. The number of hydrogen-bond acceptors (Lipinski definition) is 0. The van der Waals surface area contributed by atoms with Gasteiger partial charge in [0.1, 0.15) is 0 Å². The summed E-state index contributed by atoms with van der Waals surface area (Å²) in [5.41, 5.74) is 5.18. The van der Waals surface area contributed by atoms with Crippen LogP contribution in [0.4, 0.5) is 0 Å². The summed E-state index contributed by atoms with van der Waals surface area (Å²) < 4.78 is 1.17. The summed E-state index contributed by atoms with van der Waals surface area (Å²) >= 11 is 9.78. The second-order valence-corrected chi connectivity index (χ2v) is 4.97. The molecule has 3 rings (SSSR count). The molecule has 0 atom stereocenters. The third-order valence-corrected chi connectivity index (χ3v) is 3.98. The zero-order valence-electron chi connectivity index (χ0n) is 7.93. The third kappa shape index (κ3) is 1.34. The van der Waals surface area contributed by atoms with Gasteiger partial charge in [-0.3, -0.25) is 0 Å². The fraction of sp³-hybridized carbons (Fsp3) is 0.0769. The van der Waals surface area contributed by atoms with E-state index in [4.69, 9.17) is 11.6 Å². The van der Waals surface area contributed by atoms with Crippen molar-refractivity contribution in [2.75, 3.05) is 0 Å². The highest BCUT2D eigenvalue weighted by atomic mass is 79.9. The van der Waals surface area contributed by atoms with Gasteiger partial charge in [0.05, 0.1) is 0 Å². The van der Waals surface area contributed by atoms with Gasteiger partial charge in [-0.05, 0) is 34.4 Å². The average Bonchev–Trinajstić information content (AvgIpc) is 2.60. The van der Waals surface area contributed by atoms with Crippen LogP contribution in [-0.4, -0.2) is 0 Å². The topological polar surface area (TPSA) is 0 Å². The molecule has 0 nitrogen and oxygen atoms in total. The van der Waals surface area contributed by atoms with Crippen molar-refractivity contribution in [2.24, 2.45) is 0 Å². The van der Waals surface area contributed by atoms with Crippen molar-refractivity contribution in [1.29, 1.82) is 0 Å². The number of hydrogen-bond donors (Lipinski definition) is 0. The molecule has 15 heavy (non-hydrogen) atoms. The lowest BCUT2D eigenvalue weighted by Crippen LogP contribution is -1.82. The van der Waals surface area contributed by atoms with Crippen molar-refractivity contribution in [1.82, 2.24) is 0 Å². The molecule has 0 radical (unpaired) electrons. The molecule has 74 valence electrons. The van der Waals surface area contributed by atoms with Crippen molar-refractivity contribution in [2.45, 2.75) is 6.42 Å². The Kier molecular flexibility index (Phi) is 2.11. The van der Waals surface area contributed by atoms with Crippen LogP contribution >= 0.6 is 27.5 Å². The Hall–Kier alpha value is -0.790. The van der Waals surface area contributed by atoms with Crippen molar-refractivity contribution >= 4 is 27.5 Å². The van der Waals surface area contributed by atoms with E-state index in [2.05, 4.69) is 40.2 Å². The van der Waals surface area contributed by atoms with Crippen molar-refractivity contribution in [3.05, 3.63) is 57.0 Å². The van der Waals surface area contributed by atoms with E-state index in [-0.39, 0.29) is 0 Å². The first-order chi connectivity index (χ1) is 7.27. The van der Waals surface area contributed by atoms with Gasteiger partial charge < -0.3 is 0 Å². The van der Waals surface area contributed by atoms with E-state index in [1.54, 1.807) is 0 Å². The van der Waals surface area contributed by atoms with Gasteiger partial charge in [-0.15, -0.1) is 0 Å². The molecule has 1 aliphatic rings. The van der Waals surface area contributed by atoms with Gasteiger partial charge in [-0.2, -0.15) is 0 Å². The highest BCUT2D eigenvalue weighted by molar-refractivity contribution is 9.10. The first kappa shape index (κ1) is 9.44. The van der Waals surface area contributed by atoms with Crippen molar-refractivity contribution < 1.29 is 0 Å². The van der Waals surface area contributed by atoms with E-state index in [1.165, 1.54) is 26.7 Å². The van der Waals surface area contributed by atoms with E-state index >= 15 is 0 Å². The number of rotatable bonds is 0. The van der Waals surface area contributed by atoms with Crippen LogP contribution in [0, 0.1) is 0 Å². The SMILES string of the molecule is Clc1cccc2c1Cc1c(Br)cccc1-2. The lowest BCUT2D eigenvalue weighted by molar-refractivity contribution is 1.25. The predicted molar refractivity (Wildman–Crippen MR) is 67.4 cm³/mol. The fourth-order valence-corrected chi connectivity index (χ4v) is 2.91. The Morgan fingerprint density at radius 3 is 2.40 bits per heavy atom. The van der Waals surface area contributed by atoms with E-state index in [9.17, 15) is 0 Å². The van der Waals surface area contributed by atoms with Gasteiger partial charge in [0, 0.05) is 15.9 Å². The molecule has 0 bridgehead atoms. The van der Waals surface area contributed by atoms with E-state index in [0.29, 0.717) is 0 Å². The van der Waals surface area contributed by atoms with Gasteiger partial charge in [0.2, 0.25) is 0 Å². The molecule has 1 aliphatic carbocycles. The molecule has 0 N–H and O–H groups in total. The quantitative estimate of drug-likeness (QED) is 0.561. The molecule has 0 saturated carbocycles. The highest BCUT2D eigenvalue weighted by Crippen LogP contribution is 2.42. The molecular weight excluding hydrogens is 272 g/mol. The standard InChI is InChI=1S/C13H8BrCl/c14-12-5-1-3-8-9-4-2-6-13(15)11(9)7-10(8)12/h1-6H,7H2. The van der Waals surface area contributed by atoms with Gasteiger partial charge in [0.25, 0.3) is 0 Å². The van der Waals surface area contributed by atoms with Crippen molar-refractivity contribution in [3.8, 4) is 11.1 Å². The Labute approximate surface area is 102 Å². The molecule has 0 aromatic heterocycles. The van der Waals surface area contributed by atoms with Crippen LogP contribution < -0.4 is 0 Å². The summed E-state index contributed by atoms with van der Waals surface area (Å²) in [4.78, 5) is 0. The summed E-state index contributed by atoms with van der Waals surface area (Å²) in [5, 5.41) is 0.871. The molecule has 0 aliphatic heterocycles. The summed E-state index contributed by atoms with van der Waals surface area (Å²) in [6.45, 7) is 0. The zero-order valence-corrected chi connectivity index (χ0v) is 10.3. The smallest absolute Gasteiger partial charge is 0.0447 e. The summed E-state index contributed by atoms with van der Waals surface area (Å²) in [7, 11) is 0. The number of halogens is 2. The van der Waals surface area contributed by atoms with Crippen LogP contribution in [0.25, 0.3) is 11.1 Å². The molecule has 0 unspecified atom stereocenters. The minimum absolute atomic E-state index is 0.871. The second kappa shape index (κ2) is 3.36. The maximum atomic E-state index is 6.20. The summed E-state index contributed by atoms with van der Waals surface area (Å²) in [5.74, 6) is 0. The van der Waals surface area contributed by atoms with Gasteiger partial charge in [0.15, 0.2) is 0 Å². The lowest BCUT2D eigenvalue weighted by Gasteiger charge is -2.01. The number of benzene rings is 2. The minimum Gasteiger partial charge on any atom is -0.0840 e. The van der Waals surface area contributed by atoms with Gasteiger partial charge in [-0.1, -0.05) is 51.8 Å². The van der Waals surface area contributed by atoms with Gasteiger partial charge >= 0.3 is 0 Å². The maximum Gasteiger partial charge on any atom is 0.0447 e. The lowest BCUT2D eigenvalue weighted by atomic mass is 10.1. The maximum absolute atomic E-state index is 6.20. The number of fused-ring (bicyclic) bond motifs is 3. The summed E-state index contributed by atoms with van der Waals surface area (Å²) in [6, 6.07) is 12.4. The van der Waals surface area contributed by atoms with E-state index in [1.807, 2.05) is 12.1 Å². The van der Waals surface area contributed by atoms with Crippen LogP contribution in [0.2, 0.25) is 5.02 Å². The third-order valence-electron chi connectivity index (χ3n) is 2.88. The Balaban J connectivity index is 2.33. The molecule has 0 saturated heterocycles. The molecular formula is C13H8BrCl. The van der Waals surface area contributed by atoms with Crippen LogP contribution in [0.5, 0.6) is 0 Å². The van der Waals surface area contributed by atoms with Crippen LogP contribution in [0.1, 0.15) is 11.1 Å². The Morgan fingerprint density at radius 2 is 1.60 bits per heavy atom. The average molecular weight is 280 g/mol. The minimum atomic E-state index is 0.871. The van der Waals surface area contributed by atoms with Crippen LogP contribution in [-0.2, 0) is 6.42 Å². The normalized spacial score (nSPS) is 12.4. The largest absolute Gasteiger partial charge is 0.0840 e. The molecule has 0 fully saturated rings. The highest BCUT2D eigenvalue weighted by Gasteiger charge is 2.21. The molecule has 0 spiro atoms. The monoisotopic (exact) mass is 278 g/mol. The molecule has 2 heteroatoms. The predicted octanol–water partition coefficient (Wildman–Crippen LogP) is 4.67. The first-order valence-electron chi connectivity index (χ1n) is 4.82. The van der Waals surface area contributed by atoms with Crippen molar-refractivity contribution in [3.63, 3.8) is 0 Å². The molecule has 2 aromatic rings. The fourth-order valence-electron chi connectivity index (χ4n) is 2.16. The van der Waals surface area contributed by atoms with Crippen LogP contribution in [0.15, 0.2) is 40.9 Å². The van der Waals surface area contributed by atoms with E-state index in [0.717, 1.165) is 11.4 Å². The molecule has 0 amide bonds. The van der Waals surface area contributed by atoms with Crippen LogP contribution in [0.3, 0.4) is 0 Å². The molecule has 0 heterocycles. The zero-order chi connectivity index (χ0) is 10.4. The Morgan fingerprint density at radius 1 is 0.933 bits per heavy atom. The van der Waals surface area contributed by atoms with Gasteiger partial charge in [-0.25, -0.2) is 0 Å². The summed E-state index contributed by atoms with van der Waals surface area (Å²) in [6.07, 6.45) is 0.936. The Bertz CT molecular complexity index is 497. The molecule has 2 aromatic carbocycles. The second-order valence-electron chi connectivity index (χ2n) is 3.71.